The lowest BCUT2D eigenvalue weighted by molar-refractivity contribution is -0.0557. The lowest BCUT2D eigenvalue weighted by Crippen LogP contribution is -2.69. The molecule has 3 unspecified atom stereocenters. The minimum atomic E-state index is 0.168. The van der Waals surface area contributed by atoms with Crippen molar-refractivity contribution in [3.63, 3.8) is 0 Å². The highest BCUT2D eigenvalue weighted by Crippen LogP contribution is 2.34. The minimum Gasteiger partial charge on any atom is -0.329 e. The number of piperazine rings is 1. The highest BCUT2D eigenvalue weighted by atomic mass is 15.4. The predicted octanol–water partition coefficient (Wildman–Crippen LogP) is 2.15. The summed E-state index contributed by atoms with van der Waals surface area (Å²) in [5.41, 5.74) is 8.03. The fraction of sp³-hybridized carbons (Fsp3) is 0.714. The molecule has 0 spiro atoms. The number of hydrogen-bond acceptors (Lipinski definition) is 4. The Morgan fingerprint density at radius 2 is 1.96 bits per heavy atom. The number of fused-ring (bicyclic) bond motifs is 1. The first-order chi connectivity index (χ1) is 12.2. The molecule has 3 saturated heterocycles. The van der Waals surface area contributed by atoms with Crippen molar-refractivity contribution in [3.8, 4) is 0 Å². The van der Waals surface area contributed by atoms with Crippen LogP contribution in [0.4, 0.5) is 0 Å². The Balaban J connectivity index is 1.49. The van der Waals surface area contributed by atoms with E-state index in [9.17, 15) is 0 Å². The van der Waals surface area contributed by atoms with Gasteiger partial charge in [-0.15, -0.1) is 0 Å². The molecule has 0 aliphatic carbocycles. The monoisotopic (exact) mass is 342 g/mol. The Morgan fingerprint density at radius 3 is 2.76 bits per heavy atom. The van der Waals surface area contributed by atoms with Gasteiger partial charge in [-0.2, -0.15) is 0 Å². The van der Waals surface area contributed by atoms with E-state index in [1.807, 2.05) is 0 Å². The molecule has 3 heterocycles. The molecule has 138 valence electrons. The summed E-state index contributed by atoms with van der Waals surface area (Å²) in [6, 6.07) is 12.3. The average molecular weight is 343 g/mol. The first-order valence-corrected chi connectivity index (χ1v) is 10.2. The van der Waals surface area contributed by atoms with Crippen molar-refractivity contribution in [2.75, 3.05) is 39.3 Å². The molecule has 3 aliphatic rings. The topological polar surface area (TPSA) is 35.7 Å². The summed E-state index contributed by atoms with van der Waals surface area (Å²) in [5.74, 6) is 0. The summed E-state index contributed by atoms with van der Waals surface area (Å²) >= 11 is 0. The molecule has 0 bridgehead atoms. The van der Waals surface area contributed by atoms with Crippen LogP contribution in [-0.4, -0.2) is 71.6 Å². The van der Waals surface area contributed by atoms with E-state index in [1.165, 1.54) is 57.4 Å². The van der Waals surface area contributed by atoms with Crippen LogP contribution in [0, 0.1) is 0 Å². The Morgan fingerprint density at radius 1 is 1.12 bits per heavy atom. The minimum absolute atomic E-state index is 0.168. The van der Waals surface area contributed by atoms with Crippen LogP contribution < -0.4 is 5.73 Å². The number of likely N-dealkylation sites (tertiary alicyclic amines) is 1. The number of rotatable bonds is 4. The number of nitrogens with two attached hydrogens (primary N) is 1. The van der Waals surface area contributed by atoms with Gasteiger partial charge in [-0.3, -0.25) is 14.7 Å². The number of piperidine rings is 1. The maximum absolute atomic E-state index is 6.44. The summed E-state index contributed by atoms with van der Waals surface area (Å²) in [6.45, 7) is 10.3. The van der Waals surface area contributed by atoms with Crippen molar-refractivity contribution < 1.29 is 0 Å². The third-order valence-electron chi connectivity index (χ3n) is 6.81. The molecule has 1 aromatic carbocycles. The first-order valence-electron chi connectivity index (χ1n) is 10.2. The molecule has 0 saturated carbocycles. The normalized spacial score (nSPS) is 35.0. The van der Waals surface area contributed by atoms with Gasteiger partial charge in [0.05, 0.1) is 0 Å². The SMILES string of the molecule is CC1CN2CCCC2CN1C1(CN)CCCN(Cc2ccccc2)C1. The molecule has 4 heteroatoms. The van der Waals surface area contributed by atoms with Crippen LogP contribution in [0.25, 0.3) is 0 Å². The summed E-state index contributed by atoms with van der Waals surface area (Å²) in [5, 5.41) is 0. The molecule has 25 heavy (non-hydrogen) atoms. The fourth-order valence-corrected chi connectivity index (χ4v) is 5.55. The van der Waals surface area contributed by atoms with Gasteiger partial charge in [-0.05, 0) is 51.3 Å². The van der Waals surface area contributed by atoms with Crippen LogP contribution in [0.15, 0.2) is 30.3 Å². The van der Waals surface area contributed by atoms with Crippen LogP contribution in [0.1, 0.15) is 38.2 Å². The quantitative estimate of drug-likeness (QED) is 0.909. The molecule has 2 N–H and O–H groups in total. The van der Waals surface area contributed by atoms with E-state index in [2.05, 4.69) is 52.0 Å². The van der Waals surface area contributed by atoms with E-state index in [0.717, 1.165) is 25.7 Å². The summed E-state index contributed by atoms with van der Waals surface area (Å²) in [6.07, 6.45) is 5.27. The molecule has 4 nitrogen and oxygen atoms in total. The molecule has 4 rings (SSSR count). The lowest BCUT2D eigenvalue weighted by atomic mass is 9.84. The van der Waals surface area contributed by atoms with Crippen molar-refractivity contribution in [1.29, 1.82) is 0 Å². The van der Waals surface area contributed by atoms with Crippen molar-refractivity contribution in [2.45, 2.75) is 56.8 Å². The fourth-order valence-electron chi connectivity index (χ4n) is 5.55. The molecular weight excluding hydrogens is 308 g/mol. The second-order valence-electron chi connectivity index (χ2n) is 8.52. The largest absolute Gasteiger partial charge is 0.329 e. The van der Waals surface area contributed by atoms with E-state index in [4.69, 9.17) is 5.73 Å². The van der Waals surface area contributed by atoms with Crippen molar-refractivity contribution in [3.05, 3.63) is 35.9 Å². The molecule has 0 radical (unpaired) electrons. The zero-order valence-electron chi connectivity index (χ0n) is 15.7. The standard InChI is InChI=1S/C21H34N4/c1-18-13-24-12-5-9-20(24)15-25(18)21(16-22)10-6-11-23(17-21)14-19-7-3-2-4-8-19/h2-4,7-8,18,20H,5-6,9-17,22H2,1H3. The Hall–Kier alpha value is -0.940. The summed E-state index contributed by atoms with van der Waals surface area (Å²) < 4.78 is 0. The zero-order chi connectivity index (χ0) is 17.3. The maximum atomic E-state index is 6.44. The van der Waals surface area contributed by atoms with Gasteiger partial charge in [-0.1, -0.05) is 30.3 Å². The summed E-state index contributed by atoms with van der Waals surface area (Å²) in [7, 11) is 0. The third kappa shape index (κ3) is 3.50. The van der Waals surface area contributed by atoms with Gasteiger partial charge in [0.15, 0.2) is 0 Å². The van der Waals surface area contributed by atoms with Gasteiger partial charge in [0.25, 0.3) is 0 Å². The van der Waals surface area contributed by atoms with E-state index >= 15 is 0 Å². The van der Waals surface area contributed by atoms with Gasteiger partial charge < -0.3 is 5.73 Å². The van der Waals surface area contributed by atoms with Gasteiger partial charge in [0, 0.05) is 50.3 Å². The number of nitrogens with zero attached hydrogens (tertiary/aromatic N) is 3. The van der Waals surface area contributed by atoms with Gasteiger partial charge in [0.2, 0.25) is 0 Å². The summed E-state index contributed by atoms with van der Waals surface area (Å²) in [4.78, 5) is 8.16. The highest BCUT2D eigenvalue weighted by molar-refractivity contribution is 5.15. The first kappa shape index (κ1) is 17.5. The van der Waals surface area contributed by atoms with Crippen LogP contribution in [0.2, 0.25) is 0 Å². The van der Waals surface area contributed by atoms with Crippen LogP contribution in [0.3, 0.4) is 0 Å². The van der Waals surface area contributed by atoms with Gasteiger partial charge in [-0.25, -0.2) is 0 Å². The van der Waals surface area contributed by atoms with Crippen molar-refractivity contribution in [1.82, 2.24) is 14.7 Å². The lowest BCUT2D eigenvalue weighted by Gasteiger charge is -2.55. The average Bonchev–Trinajstić information content (AvgIpc) is 3.09. The molecule has 3 aliphatic heterocycles. The van der Waals surface area contributed by atoms with Gasteiger partial charge in [0.1, 0.15) is 0 Å². The predicted molar refractivity (Wildman–Crippen MR) is 104 cm³/mol. The molecule has 0 amide bonds. The Bertz CT molecular complexity index is 562. The third-order valence-corrected chi connectivity index (χ3v) is 6.81. The van der Waals surface area contributed by atoms with E-state index < -0.39 is 0 Å². The van der Waals surface area contributed by atoms with Crippen molar-refractivity contribution in [2.24, 2.45) is 5.73 Å². The number of benzene rings is 1. The van der Waals surface area contributed by atoms with Crippen LogP contribution in [-0.2, 0) is 6.54 Å². The van der Waals surface area contributed by atoms with Crippen LogP contribution >= 0.6 is 0 Å². The Labute approximate surface area is 153 Å². The van der Waals surface area contributed by atoms with E-state index in [-0.39, 0.29) is 5.54 Å². The second kappa shape index (κ2) is 7.36. The molecule has 0 aromatic heterocycles. The van der Waals surface area contributed by atoms with E-state index in [0.29, 0.717) is 6.04 Å². The number of hydrogen-bond donors (Lipinski definition) is 1. The second-order valence-corrected chi connectivity index (χ2v) is 8.52. The molecule has 3 fully saturated rings. The molecular formula is C21H34N4. The smallest absolute Gasteiger partial charge is 0.0463 e. The highest BCUT2D eigenvalue weighted by Gasteiger charge is 2.46. The maximum Gasteiger partial charge on any atom is 0.0463 e. The van der Waals surface area contributed by atoms with Gasteiger partial charge >= 0.3 is 0 Å². The van der Waals surface area contributed by atoms with Crippen LogP contribution in [0.5, 0.6) is 0 Å². The van der Waals surface area contributed by atoms with E-state index in [1.54, 1.807) is 0 Å². The molecule has 3 atom stereocenters. The molecule has 1 aromatic rings. The zero-order valence-corrected chi connectivity index (χ0v) is 15.7. The van der Waals surface area contributed by atoms with Crippen molar-refractivity contribution >= 4 is 0 Å². The Kier molecular flexibility index (Phi) is 5.14.